The van der Waals surface area contributed by atoms with Crippen molar-refractivity contribution in [2.24, 2.45) is 0 Å². The van der Waals surface area contributed by atoms with Crippen molar-refractivity contribution < 1.29 is 9.53 Å². The lowest BCUT2D eigenvalue weighted by molar-refractivity contribution is 0.102. The number of carbonyl (C=O) groups is 1. The van der Waals surface area contributed by atoms with Crippen molar-refractivity contribution in [3.8, 4) is 5.75 Å². The number of ether oxygens (including phenoxy) is 1. The zero-order valence-corrected chi connectivity index (χ0v) is 15.3. The zero-order chi connectivity index (χ0) is 18.8. The topological polar surface area (TPSA) is 67.3 Å². The van der Waals surface area contributed by atoms with Crippen LogP contribution in [0.2, 0.25) is 0 Å². The Hall–Kier alpha value is -3.41. The van der Waals surface area contributed by atoms with Crippen LogP contribution in [0.15, 0.2) is 54.9 Å². The average Bonchev–Trinajstić information content (AvgIpc) is 3.12. The van der Waals surface area contributed by atoms with Gasteiger partial charge in [0.25, 0.3) is 5.91 Å². The number of carbonyl (C=O) groups excluding carboxylic acids is 1. The van der Waals surface area contributed by atoms with E-state index in [1.54, 1.807) is 19.5 Å². The Bertz CT molecular complexity index is 986. The SMILES string of the molecule is COc1ccc(C)cc1NC(=O)c1cnc(N2CCc3ccccc32)nc1. The average molecular weight is 360 g/mol. The molecule has 6 nitrogen and oxygen atoms in total. The van der Waals surface area contributed by atoms with Crippen LogP contribution in [-0.2, 0) is 6.42 Å². The molecule has 0 aliphatic carbocycles. The number of hydrogen-bond donors (Lipinski definition) is 1. The standard InChI is InChI=1S/C21H20N4O2/c1-14-7-8-19(27-2)17(11-14)24-20(26)16-12-22-21(23-13-16)25-10-9-15-5-3-4-6-18(15)25/h3-8,11-13H,9-10H2,1-2H3,(H,24,26). The molecule has 0 spiro atoms. The summed E-state index contributed by atoms with van der Waals surface area (Å²) >= 11 is 0. The second kappa shape index (κ2) is 7.07. The second-order valence-corrected chi connectivity index (χ2v) is 6.46. The van der Waals surface area contributed by atoms with Gasteiger partial charge >= 0.3 is 0 Å². The molecule has 0 saturated carbocycles. The van der Waals surface area contributed by atoms with E-state index >= 15 is 0 Å². The Kier molecular flexibility index (Phi) is 4.46. The number of para-hydroxylation sites is 1. The van der Waals surface area contributed by atoms with E-state index in [0.29, 0.717) is 22.9 Å². The molecule has 0 saturated heterocycles. The maximum atomic E-state index is 12.6. The first kappa shape index (κ1) is 17.0. The van der Waals surface area contributed by atoms with E-state index in [4.69, 9.17) is 4.74 Å². The first-order valence-electron chi connectivity index (χ1n) is 8.79. The number of hydrogen-bond acceptors (Lipinski definition) is 5. The molecule has 0 radical (unpaired) electrons. The van der Waals surface area contributed by atoms with E-state index in [0.717, 1.165) is 24.2 Å². The summed E-state index contributed by atoms with van der Waals surface area (Å²) < 4.78 is 5.30. The van der Waals surface area contributed by atoms with Crippen LogP contribution < -0.4 is 15.0 Å². The molecule has 3 aromatic rings. The summed E-state index contributed by atoms with van der Waals surface area (Å²) in [6.45, 7) is 2.80. The summed E-state index contributed by atoms with van der Waals surface area (Å²) in [6.07, 6.45) is 4.08. The second-order valence-electron chi connectivity index (χ2n) is 6.46. The van der Waals surface area contributed by atoms with Gasteiger partial charge in [-0.1, -0.05) is 24.3 Å². The van der Waals surface area contributed by atoms with Crippen LogP contribution in [-0.4, -0.2) is 29.5 Å². The smallest absolute Gasteiger partial charge is 0.258 e. The molecule has 1 aromatic heterocycles. The number of nitrogens with one attached hydrogen (secondary N) is 1. The van der Waals surface area contributed by atoms with E-state index in [1.165, 1.54) is 5.56 Å². The lowest BCUT2D eigenvalue weighted by Gasteiger charge is -2.17. The minimum Gasteiger partial charge on any atom is -0.495 e. The lowest BCUT2D eigenvalue weighted by atomic mass is 10.2. The van der Waals surface area contributed by atoms with Gasteiger partial charge in [-0.25, -0.2) is 9.97 Å². The highest BCUT2D eigenvalue weighted by molar-refractivity contribution is 6.04. The minimum absolute atomic E-state index is 0.271. The maximum Gasteiger partial charge on any atom is 0.258 e. The predicted octanol–water partition coefficient (Wildman–Crippen LogP) is 3.74. The number of methoxy groups -OCH3 is 1. The molecule has 4 rings (SSSR count). The fourth-order valence-electron chi connectivity index (χ4n) is 3.24. The van der Waals surface area contributed by atoms with E-state index in [-0.39, 0.29) is 5.91 Å². The van der Waals surface area contributed by atoms with Crippen LogP contribution >= 0.6 is 0 Å². The summed E-state index contributed by atoms with van der Waals surface area (Å²) in [7, 11) is 1.58. The van der Waals surface area contributed by atoms with Gasteiger partial charge < -0.3 is 15.0 Å². The van der Waals surface area contributed by atoms with Gasteiger partial charge in [0.15, 0.2) is 0 Å². The van der Waals surface area contributed by atoms with Crippen molar-refractivity contribution in [1.29, 1.82) is 0 Å². The van der Waals surface area contributed by atoms with Crippen LogP contribution in [0.3, 0.4) is 0 Å². The molecule has 1 aliphatic rings. The highest BCUT2D eigenvalue weighted by atomic mass is 16.5. The number of nitrogens with zero attached hydrogens (tertiary/aromatic N) is 3. The van der Waals surface area contributed by atoms with E-state index in [9.17, 15) is 4.79 Å². The molecule has 27 heavy (non-hydrogen) atoms. The van der Waals surface area contributed by atoms with Crippen LogP contribution in [0.4, 0.5) is 17.3 Å². The number of benzene rings is 2. The first-order chi connectivity index (χ1) is 13.2. The molecule has 0 fully saturated rings. The van der Waals surface area contributed by atoms with E-state index in [1.807, 2.05) is 37.3 Å². The number of aryl methyl sites for hydroxylation is 1. The molecule has 1 N–H and O–H groups in total. The summed E-state index contributed by atoms with van der Waals surface area (Å²) in [5.41, 5.74) is 4.47. The van der Waals surface area contributed by atoms with Crippen molar-refractivity contribution in [3.63, 3.8) is 0 Å². The summed E-state index contributed by atoms with van der Waals surface area (Å²) in [5, 5.41) is 2.87. The van der Waals surface area contributed by atoms with E-state index < -0.39 is 0 Å². The molecule has 136 valence electrons. The third kappa shape index (κ3) is 3.33. The number of aromatic nitrogens is 2. The van der Waals surface area contributed by atoms with Crippen molar-refractivity contribution in [2.45, 2.75) is 13.3 Å². The highest BCUT2D eigenvalue weighted by Crippen LogP contribution is 2.32. The molecule has 1 aliphatic heterocycles. The molecule has 0 bridgehead atoms. The monoisotopic (exact) mass is 360 g/mol. The van der Waals surface area contributed by atoms with Crippen molar-refractivity contribution >= 4 is 23.2 Å². The van der Waals surface area contributed by atoms with Gasteiger partial charge in [0, 0.05) is 24.6 Å². The third-order valence-electron chi connectivity index (χ3n) is 4.63. The Morgan fingerprint density at radius 3 is 2.70 bits per heavy atom. The zero-order valence-electron chi connectivity index (χ0n) is 15.3. The predicted molar refractivity (Wildman–Crippen MR) is 105 cm³/mol. The van der Waals surface area contributed by atoms with Gasteiger partial charge in [0.2, 0.25) is 5.95 Å². The van der Waals surface area contributed by atoms with Gasteiger partial charge in [-0.2, -0.15) is 0 Å². The summed E-state index contributed by atoms with van der Waals surface area (Å²) in [4.78, 5) is 23.4. The van der Waals surface area contributed by atoms with Gasteiger partial charge in [0.05, 0.1) is 18.4 Å². The number of amides is 1. The molecule has 0 unspecified atom stereocenters. The Morgan fingerprint density at radius 1 is 1.15 bits per heavy atom. The number of anilines is 3. The Balaban J connectivity index is 1.53. The normalized spacial score (nSPS) is 12.6. The largest absolute Gasteiger partial charge is 0.495 e. The van der Waals surface area contributed by atoms with Crippen LogP contribution in [0.1, 0.15) is 21.5 Å². The van der Waals surface area contributed by atoms with Crippen LogP contribution in [0, 0.1) is 6.92 Å². The molecule has 6 heteroatoms. The number of rotatable bonds is 4. The Labute approximate surface area is 157 Å². The third-order valence-corrected chi connectivity index (χ3v) is 4.63. The first-order valence-corrected chi connectivity index (χ1v) is 8.79. The van der Waals surface area contributed by atoms with Gasteiger partial charge in [-0.05, 0) is 42.7 Å². The lowest BCUT2D eigenvalue weighted by Crippen LogP contribution is -2.18. The fraction of sp³-hybridized carbons (Fsp3) is 0.190. The molecule has 2 aromatic carbocycles. The van der Waals surface area contributed by atoms with Crippen molar-refractivity contribution in [1.82, 2.24) is 9.97 Å². The molecule has 0 atom stereocenters. The molecular formula is C21H20N4O2. The molecule has 1 amide bonds. The fourth-order valence-corrected chi connectivity index (χ4v) is 3.24. The van der Waals surface area contributed by atoms with Crippen LogP contribution in [0.5, 0.6) is 5.75 Å². The van der Waals surface area contributed by atoms with Crippen molar-refractivity contribution in [2.75, 3.05) is 23.9 Å². The van der Waals surface area contributed by atoms with Crippen LogP contribution in [0.25, 0.3) is 0 Å². The summed E-state index contributed by atoms with van der Waals surface area (Å²) in [6, 6.07) is 13.9. The number of fused-ring (bicyclic) bond motifs is 1. The van der Waals surface area contributed by atoms with Gasteiger partial charge in [-0.3, -0.25) is 4.79 Å². The molecular weight excluding hydrogens is 340 g/mol. The maximum absolute atomic E-state index is 12.6. The minimum atomic E-state index is -0.271. The molecule has 2 heterocycles. The van der Waals surface area contributed by atoms with Gasteiger partial charge in [-0.15, -0.1) is 0 Å². The highest BCUT2D eigenvalue weighted by Gasteiger charge is 2.22. The van der Waals surface area contributed by atoms with Gasteiger partial charge in [0.1, 0.15) is 5.75 Å². The Morgan fingerprint density at radius 2 is 1.93 bits per heavy atom. The summed E-state index contributed by atoms with van der Waals surface area (Å²) in [5.74, 6) is 0.942. The van der Waals surface area contributed by atoms with E-state index in [2.05, 4.69) is 32.3 Å². The van der Waals surface area contributed by atoms with Crippen molar-refractivity contribution in [3.05, 3.63) is 71.5 Å². The quantitative estimate of drug-likeness (QED) is 0.768.